The Hall–Kier alpha value is -0.590. The highest BCUT2D eigenvalue weighted by Crippen LogP contribution is 2.32. The highest BCUT2D eigenvalue weighted by molar-refractivity contribution is 9.10. The van der Waals surface area contributed by atoms with Gasteiger partial charge >= 0.3 is 0 Å². The first-order valence-corrected chi connectivity index (χ1v) is 9.85. The van der Waals surface area contributed by atoms with Crippen LogP contribution >= 0.6 is 26.6 Å². The van der Waals surface area contributed by atoms with Crippen LogP contribution in [0.25, 0.3) is 0 Å². The minimum atomic E-state index is -3.85. The summed E-state index contributed by atoms with van der Waals surface area (Å²) in [4.78, 5) is 14.4. The van der Waals surface area contributed by atoms with Gasteiger partial charge in [-0.25, -0.2) is 8.42 Å². The predicted octanol–water partition coefficient (Wildman–Crippen LogP) is 3.64. The third-order valence-corrected chi connectivity index (χ3v) is 5.53. The van der Waals surface area contributed by atoms with E-state index in [0.29, 0.717) is 22.5 Å². The molecule has 7 heteroatoms. The molecule has 0 unspecified atom stereocenters. The summed E-state index contributed by atoms with van der Waals surface area (Å²) in [6, 6.07) is 4.31. The van der Waals surface area contributed by atoms with Gasteiger partial charge in [0.2, 0.25) is 0 Å². The van der Waals surface area contributed by atoms with Crippen molar-refractivity contribution in [2.75, 3.05) is 6.54 Å². The molecule has 0 bridgehead atoms. The monoisotopic (exact) mass is 393 g/mol. The van der Waals surface area contributed by atoms with Crippen LogP contribution in [0.2, 0.25) is 0 Å². The lowest BCUT2D eigenvalue weighted by Crippen LogP contribution is -2.38. The van der Waals surface area contributed by atoms with Crippen molar-refractivity contribution in [1.82, 2.24) is 4.90 Å². The van der Waals surface area contributed by atoms with Gasteiger partial charge < -0.3 is 4.90 Å². The topological polar surface area (TPSA) is 54.5 Å². The zero-order valence-corrected chi connectivity index (χ0v) is 15.0. The normalized spacial score (nSPS) is 15.3. The number of nitrogens with zero attached hydrogens (tertiary/aromatic N) is 1. The first-order chi connectivity index (χ1) is 9.70. The lowest BCUT2D eigenvalue weighted by molar-refractivity contribution is 0.0695. The molecule has 21 heavy (non-hydrogen) atoms. The van der Waals surface area contributed by atoms with Crippen molar-refractivity contribution in [2.45, 2.75) is 37.6 Å². The summed E-state index contributed by atoms with van der Waals surface area (Å²) in [5.74, 6) is 0.390. The van der Waals surface area contributed by atoms with Gasteiger partial charge in [0.05, 0.1) is 10.5 Å². The molecule has 2 rings (SSSR count). The molecule has 4 nitrogen and oxygen atoms in total. The Morgan fingerprint density at radius 3 is 2.52 bits per heavy atom. The molecule has 116 valence electrons. The van der Waals surface area contributed by atoms with E-state index in [2.05, 4.69) is 15.9 Å². The van der Waals surface area contributed by atoms with Crippen molar-refractivity contribution in [2.24, 2.45) is 5.92 Å². The number of hydrogen-bond donors (Lipinski definition) is 0. The quantitative estimate of drug-likeness (QED) is 0.717. The third-order valence-electron chi connectivity index (χ3n) is 3.49. The van der Waals surface area contributed by atoms with E-state index in [1.54, 1.807) is 4.90 Å². The van der Waals surface area contributed by atoms with E-state index in [1.165, 1.54) is 18.2 Å². The summed E-state index contributed by atoms with van der Waals surface area (Å²) in [6.45, 7) is 4.62. The number of rotatable bonds is 5. The number of hydrogen-bond acceptors (Lipinski definition) is 3. The highest BCUT2D eigenvalue weighted by Gasteiger charge is 2.30. The van der Waals surface area contributed by atoms with Gasteiger partial charge in [-0.3, -0.25) is 4.79 Å². The summed E-state index contributed by atoms with van der Waals surface area (Å²) in [5.41, 5.74) is 0.325. The average Bonchev–Trinajstić information content (AvgIpc) is 3.18. The summed E-state index contributed by atoms with van der Waals surface area (Å²) in [6.07, 6.45) is 2.29. The third kappa shape index (κ3) is 4.20. The number of benzene rings is 1. The Bertz CT molecular complexity index is 656. The number of amides is 1. The Labute approximate surface area is 138 Å². The lowest BCUT2D eigenvalue weighted by Gasteiger charge is -2.27. The van der Waals surface area contributed by atoms with Crippen molar-refractivity contribution in [3.05, 3.63) is 28.2 Å². The second kappa shape index (κ2) is 6.26. The van der Waals surface area contributed by atoms with Crippen LogP contribution < -0.4 is 0 Å². The molecule has 0 N–H and O–H groups in total. The molecule has 1 aliphatic rings. The van der Waals surface area contributed by atoms with Gasteiger partial charge in [0, 0.05) is 27.7 Å². The SMILES string of the molecule is CC(C)N(CC1CC1)C(=O)c1cc(S(=O)(=O)Cl)ccc1Br. The maximum Gasteiger partial charge on any atom is 0.261 e. The minimum Gasteiger partial charge on any atom is -0.336 e. The average molecular weight is 395 g/mol. The molecular formula is C14H17BrClNO3S. The lowest BCUT2D eigenvalue weighted by atomic mass is 10.1. The Morgan fingerprint density at radius 2 is 2.05 bits per heavy atom. The van der Waals surface area contributed by atoms with Crippen molar-refractivity contribution >= 4 is 41.6 Å². The van der Waals surface area contributed by atoms with E-state index in [1.807, 2.05) is 13.8 Å². The molecule has 0 aliphatic heterocycles. The van der Waals surface area contributed by atoms with Crippen LogP contribution in [0, 0.1) is 5.92 Å². The molecule has 0 heterocycles. The van der Waals surface area contributed by atoms with Crippen LogP contribution in [0.3, 0.4) is 0 Å². The molecule has 1 aromatic carbocycles. The zero-order valence-electron chi connectivity index (χ0n) is 11.8. The molecule has 1 aromatic rings. The van der Waals surface area contributed by atoms with Crippen LogP contribution in [-0.2, 0) is 9.05 Å². The molecule has 1 amide bonds. The highest BCUT2D eigenvalue weighted by atomic mass is 79.9. The smallest absolute Gasteiger partial charge is 0.261 e. The van der Waals surface area contributed by atoms with E-state index >= 15 is 0 Å². The van der Waals surface area contributed by atoms with Crippen LogP contribution in [0.4, 0.5) is 0 Å². The first kappa shape index (κ1) is 16.8. The second-order valence-corrected chi connectivity index (χ2v) is 8.99. The fourth-order valence-electron chi connectivity index (χ4n) is 2.08. The Kier molecular flexibility index (Phi) is 5.00. The van der Waals surface area contributed by atoms with Crippen molar-refractivity contribution in [3.63, 3.8) is 0 Å². The minimum absolute atomic E-state index is 0.0567. The number of carbonyl (C=O) groups is 1. The summed E-state index contributed by atoms with van der Waals surface area (Å²) >= 11 is 3.31. The van der Waals surface area contributed by atoms with E-state index in [4.69, 9.17) is 10.7 Å². The van der Waals surface area contributed by atoms with Gasteiger partial charge in [-0.15, -0.1) is 0 Å². The molecule has 1 saturated carbocycles. The van der Waals surface area contributed by atoms with Gasteiger partial charge in [-0.1, -0.05) is 0 Å². The Morgan fingerprint density at radius 1 is 1.43 bits per heavy atom. The maximum absolute atomic E-state index is 12.7. The molecule has 0 saturated heterocycles. The van der Waals surface area contributed by atoms with Crippen molar-refractivity contribution < 1.29 is 13.2 Å². The Balaban J connectivity index is 2.36. The second-order valence-electron chi connectivity index (χ2n) is 5.57. The summed E-state index contributed by atoms with van der Waals surface area (Å²) in [5, 5.41) is 0. The van der Waals surface area contributed by atoms with Crippen LogP contribution in [0.5, 0.6) is 0 Å². The van der Waals surface area contributed by atoms with E-state index < -0.39 is 9.05 Å². The zero-order chi connectivity index (χ0) is 15.8. The standard InChI is InChI=1S/C14H17BrClNO3S/c1-9(2)17(8-10-3-4-10)14(18)12-7-11(21(16,19)20)5-6-13(12)15/h5-7,9-10H,3-4,8H2,1-2H3. The molecular weight excluding hydrogens is 378 g/mol. The van der Waals surface area contributed by atoms with E-state index in [-0.39, 0.29) is 16.8 Å². The van der Waals surface area contributed by atoms with Gasteiger partial charge in [-0.2, -0.15) is 0 Å². The molecule has 1 aliphatic carbocycles. The van der Waals surface area contributed by atoms with Crippen molar-refractivity contribution in [1.29, 1.82) is 0 Å². The summed E-state index contributed by atoms with van der Waals surface area (Å²) in [7, 11) is 1.50. The van der Waals surface area contributed by atoms with E-state index in [0.717, 1.165) is 12.8 Å². The van der Waals surface area contributed by atoms with Gasteiger partial charge in [0.15, 0.2) is 0 Å². The van der Waals surface area contributed by atoms with Crippen LogP contribution in [0.15, 0.2) is 27.6 Å². The number of carbonyl (C=O) groups excluding carboxylic acids is 1. The first-order valence-electron chi connectivity index (χ1n) is 6.75. The molecule has 0 spiro atoms. The van der Waals surface area contributed by atoms with Crippen molar-refractivity contribution in [3.8, 4) is 0 Å². The summed E-state index contributed by atoms with van der Waals surface area (Å²) < 4.78 is 23.4. The molecule has 0 radical (unpaired) electrons. The molecule has 0 aromatic heterocycles. The molecule has 0 atom stereocenters. The van der Waals surface area contributed by atoms with Crippen LogP contribution in [0.1, 0.15) is 37.0 Å². The van der Waals surface area contributed by atoms with Gasteiger partial charge in [0.25, 0.3) is 15.0 Å². The maximum atomic E-state index is 12.7. The van der Waals surface area contributed by atoms with Gasteiger partial charge in [0.1, 0.15) is 0 Å². The predicted molar refractivity (Wildman–Crippen MR) is 86.1 cm³/mol. The molecule has 1 fully saturated rings. The fraction of sp³-hybridized carbons (Fsp3) is 0.500. The largest absolute Gasteiger partial charge is 0.336 e. The van der Waals surface area contributed by atoms with E-state index in [9.17, 15) is 13.2 Å². The van der Waals surface area contributed by atoms with Gasteiger partial charge in [-0.05, 0) is 66.7 Å². The van der Waals surface area contributed by atoms with Crippen LogP contribution in [-0.4, -0.2) is 31.8 Å². The fourth-order valence-corrected chi connectivity index (χ4v) is 3.27. The number of halogens is 2.